The number of rotatable bonds is 20. The fraction of sp³-hybridized carbons (Fsp3) is 0.686. The van der Waals surface area contributed by atoms with E-state index in [9.17, 15) is 33.6 Å². The molecule has 1 unspecified atom stereocenters. The summed E-state index contributed by atoms with van der Waals surface area (Å²) in [6.07, 6.45) is 6.81. The molecule has 0 rings (SSSR count). The van der Waals surface area contributed by atoms with Crippen LogP contribution in [0.25, 0.3) is 0 Å². The van der Waals surface area contributed by atoms with E-state index in [1.165, 1.54) is 6.92 Å². The maximum atomic E-state index is 11.8. The number of Topliss-reactive ketones (excluding diaryl/α,β-unsaturated/α-hetero) is 3. The Labute approximate surface area is 322 Å². The Bertz CT molecular complexity index is 765. The van der Waals surface area contributed by atoms with E-state index in [0.717, 1.165) is 12.8 Å². The van der Waals surface area contributed by atoms with Gasteiger partial charge in [0.05, 0.1) is 6.04 Å². The zero-order chi connectivity index (χ0) is 36.1. The van der Waals surface area contributed by atoms with Crippen molar-refractivity contribution in [3.63, 3.8) is 0 Å². The van der Waals surface area contributed by atoms with Crippen LogP contribution in [0.3, 0.4) is 0 Å². The first-order chi connectivity index (χ1) is 21.4. The summed E-state index contributed by atoms with van der Waals surface area (Å²) in [6.45, 7) is 26.5. The third-order valence-corrected chi connectivity index (χ3v) is 5.34. The molecule has 0 aliphatic heterocycles. The fourth-order valence-corrected chi connectivity index (χ4v) is 2.99. The Kier molecular flexibility index (Phi) is 70.0. The van der Waals surface area contributed by atoms with Crippen molar-refractivity contribution in [2.45, 2.75) is 146 Å². The Morgan fingerprint density at radius 2 is 1.17 bits per heavy atom. The molecule has 282 valence electrons. The maximum absolute atomic E-state index is 11.8. The van der Waals surface area contributed by atoms with E-state index in [1.54, 1.807) is 34.2 Å². The average Bonchev–Trinajstić information content (AvgIpc) is 3.03. The Morgan fingerprint density at radius 1 is 0.667 bits per heavy atom. The van der Waals surface area contributed by atoms with Crippen LogP contribution >= 0.6 is 0 Å². The standard InChI is InChI=1S/C14H26N2O3.2C8H14NO2.2C2H5.CH4.2W/c1-4-7-11(12(17)8-5-2)16-14(19)9-10-15-13(18)6-3;1-3-8(11)5-4-6-9-7(2)10;1-3-8(11)9-6-4-5-7(2)10;2*1-2;;;/h11H,4-10H2,1-3H3,(H,15,18)(H,16,19);6H,3-5H2,1-2H3,(H,9,10);2-6H2,1H3,(H,9,11);2*1H2,2H3;1H4;;/q;4*-1;;2*+2. The van der Waals surface area contributed by atoms with E-state index in [-0.39, 0.29) is 103 Å². The first-order valence-electron chi connectivity index (χ1n) is 16.1. The van der Waals surface area contributed by atoms with Gasteiger partial charge in [-0.2, -0.15) is 20.3 Å². The van der Waals surface area contributed by atoms with Gasteiger partial charge in [0, 0.05) is 52.1 Å². The van der Waals surface area contributed by atoms with Crippen LogP contribution in [0.5, 0.6) is 0 Å². The number of hydrogen-bond acceptors (Lipinski definition) is 7. The molecule has 48 heavy (non-hydrogen) atoms. The molecule has 0 radical (unpaired) electrons. The summed E-state index contributed by atoms with van der Waals surface area (Å²) < 4.78 is 0. The summed E-state index contributed by atoms with van der Waals surface area (Å²) in [5.74, 6) is -0.0626. The van der Waals surface area contributed by atoms with Crippen molar-refractivity contribution >= 4 is 41.0 Å². The smallest absolute Gasteiger partial charge is 0.506 e. The average molecular weight is 1020 g/mol. The normalized spacial score (nSPS) is 9.12. The number of ketones is 3. The summed E-state index contributed by atoms with van der Waals surface area (Å²) in [7, 11) is 0. The van der Waals surface area contributed by atoms with Crippen molar-refractivity contribution in [2.24, 2.45) is 0 Å². The predicted molar refractivity (Wildman–Crippen MR) is 189 cm³/mol. The molecule has 0 aromatic heterocycles. The van der Waals surface area contributed by atoms with Gasteiger partial charge in [-0.1, -0.05) is 48.5 Å². The van der Waals surface area contributed by atoms with Crippen molar-refractivity contribution in [3.05, 3.63) is 27.3 Å². The molecule has 0 saturated carbocycles. The van der Waals surface area contributed by atoms with Crippen LogP contribution in [0.4, 0.5) is 0 Å². The zero-order valence-electron chi connectivity index (χ0n) is 30.3. The minimum absolute atomic E-state index is 0. The number of hydrogen-bond donors (Lipinski definition) is 4. The van der Waals surface area contributed by atoms with Gasteiger partial charge in [0.15, 0.2) is 11.7 Å². The molecule has 0 fully saturated rings. The first kappa shape index (κ1) is 64.6. The molecule has 11 nitrogen and oxygen atoms in total. The summed E-state index contributed by atoms with van der Waals surface area (Å²) in [5, 5.41) is 10.6. The van der Waals surface area contributed by atoms with Crippen molar-refractivity contribution in [3.8, 4) is 0 Å². The van der Waals surface area contributed by atoms with Gasteiger partial charge < -0.3 is 46.8 Å². The van der Waals surface area contributed by atoms with E-state index >= 15 is 0 Å². The van der Waals surface area contributed by atoms with Gasteiger partial charge in [0.25, 0.3) is 0 Å². The molecule has 4 amide bonds. The molecule has 1 atom stereocenters. The van der Waals surface area contributed by atoms with E-state index in [0.29, 0.717) is 70.9 Å². The van der Waals surface area contributed by atoms with Gasteiger partial charge >= 0.3 is 42.1 Å². The molecule has 13 heteroatoms. The predicted octanol–water partition coefficient (Wildman–Crippen LogP) is 5.61. The number of amides is 4. The van der Waals surface area contributed by atoms with Crippen LogP contribution < -0.4 is 21.3 Å². The van der Waals surface area contributed by atoms with Crippen LogP contribution in [0.15, 0.2) is 0 Å². The van der Waals surface area contributed by atoms with Crippen molar-refractivity contribution in [2.75, 3.05) is 13.1 Å². The van der Waals surface area contributed by atoms with Crippen LogP contribution in [0.1, 0.15) is 140 Å². The largest absolute Gasteiger partial charge is 2.00 e. The second-order valence-electron chi connectivity index (χ2n) is 9.26. The zero-order valence-corrected chi connectivity index (χ0v) is 36.2. The van der Waals surface area contributed by atoms with E-state index in [4.69, 9.17) is 0 Å². The van der Waals surface area contributed by atoms with Gasteiger partial charge in [0.1, 0.15) is 5.78 Å². The van der Waals surface area contributed by atoms with E-state index in [2.05, 4.69) is 42.0 Å². The molecule has 0 aliphatic carbocycles. The van der Waals surface area contributed by atoms with Crippen LogP contribution in [-0.2, 0) is 75.7 Å². The third-order valence-electron chi connectivity index (χ3n) is 5.34. The molecule has 0 heterocycles. The van der Waals surface area contributed by atoms with Crippen LogP contribution in [-0.4, -0.2) is 60.1 Å². The minimum Gasteiger partial charge on any atom is -0.506 e. The molecule has 0 bridgehead atoms. The van der Waals surface area contributed by atoms with Gasteiger partial charge in [-0.15, -0.1) is 0 Å². The minimum atomic E-state index is -0.376. The second-order valence-corrected chi connectivity index (χ2v) is 9.26. The van der Waals surface area contributed by atoms with Gasteiger partial charge in [-0.05, 0) is 37.9 Å². The van der Waals surface area contributed by atoms with Crippen LogP contribution in [0.2, 0.25) is 0 Å². The Balaban J connectivity index is -0.0000000803. The number of nitrogens with one attached hydrogen (secondary N) is 4. The molecular formula is C35H68N4O7W2. The van der Waals surface area contributed by atoms with E-state index < -0.39 is 0 Å². The second kappa shape index (κ2) is 52.0. The number of carbonyl (C=O) groups excluding carboxylic acids is 7. The molecule has 0 aromatic rings. The monoisotopic (exact) mass is 1020 g/mol. The van der Waals surface area contributed by atoms with Crippen molar-refractivity contribution < 1.29 is 75.7 Å². The molecule has 0 aromatic carbocycles. The quantitative estimate of drug-likeness (QED) is 0.0910. The summed E-state index contributed by atoms with van der Waals surface area (Å²) in [5.41, 5.74) is 0. The van der Waals surface area contributed by atoms with Crippen LogP contribution in [0, 0.1) is 27.3 Å². The molecule has 4 N–H and O–H groups in total. The molecule has 0 aliphatic rings. The van der Waals surface area contributed by atoms with Gasteiger partial charge in [0.2, 0.25) is 17.7 Å². The fourth-order valence-electron chi connectivity index (χ4n) is 2.99. The Morgan fingerprint density at radius 3 is 1.56 bits per heavy atom. The third kappa shape index (κ3) is 56.5. The van der Waals surface area contributed by atoms with Gasteiger partial charge in [-0.3, -0.25) is 28.8 Å². The first-order valence-corrected chi connectivity index (χ1v) is 16.1. The summed E-state index contributed by atoms with van der Waals surface area (Å²) >= 11 is 0. The molecule has 0 saturated heterocycles. The van der Waals surface area contributed by atoms with Crippen molar-refractivity contribution in [1.29, 1.82) is 0 Å². The molecule has 0 spiro atoms. The SMILES string of the molecule is C.CCC(=O)CC[CH-]NC(C)=O.CCCC(=O)C(CCC)NC(=O)CCNC(=O)CC.[CH2-]C.[CH2-]C.[CH2-]C(=O)CCCNC(=O)CC.[W+2].[W+2]. The summed E-state index contributed by atoms with van der Waals surface area (Å²) in [6, 6.07) is -0.376. The maximum Gasteiger partial charge on any atom is 2.00 e. The molecular weight excluding hydrogens is 956 g/mol. The topological polar surface area (TPSA) is 168 Å². The Hall–Kier alpha value is -1.86. The number of carbonyl (C=O) groups is 7. The summed E-state index contributed by atoms with van der Waals surface area (Å²) in [4.78, 5) is 76.6. The van der Waals surface area contributed by atoms with Crippen molar-refractivity contribution in [1.82, 2.24) is 21.3 Å². The van der Waals surface area contributed by atoms with E-state index in [1.807, 2.05) is 20.8 Å². The van der Waals surface area contributed by atoms with Gasteiger partial charge in [-0.25, -0.2) is 6.54 Å².